The predicted molar refractivity (Wildman–Crippen MR) is 81.3 cm³/mol. The molecule has 0 aliphatic heterocycles. The molecule has 1 atom stereocenters. The van der Waals surface area contributed by atoms with E-state index in [1.807, 2.05) is 18.7 Å². The Bertz CT molecular complexity index is 453. The van der Waals surface area contributed by atoms with Crippen molar-refractivity contribution in [2.75, 3.05) is 23.4 Å². The molecule has 1 aromatic rings. The number of aromatic nitrogens is 2. The van der Waals surface area contributed by atoms with Crippen LogP contribution >= 0.6 is 23.4 Å². The highest BCUT2D eigenvalue weighted by molar-refractivity contribution is 7.99. The van der Waals surface area contributed by atoms with Crippen molar-refractivity contribution in [3.63, 3.8) is 0 Å². The minimum absolute atomic E-state index is 0.124. The summed E-state index contributed by atoms with van der Waals surface area (Å²) in [5, 5.41) is 16.1. The molecule has 0 saturated carbocycles. The van der Waals surface area contributed by atoms with E-state index in [1.165, 1.54) is 6.20 Å². The molecule has 0 aliphatic carbocycles. The molecule has 0 radical (unpaired) electrons. The van der Waals surface area contributed by atoms with Crippen LogP contribution in [0.1, 0.15) is 20.3 Å². The maximum Gasteiger partial charge on any atom is 0.287 e. The van der Waals surface area contributed by atoms with Crippen molar-refractivity contribution in [1.82, 2.24) is 9.78 Å². The molecule has 0 bridgehead atoms. The molecule has 0 fully saturated rings. The average Bonchev–Trinajstić information content (AvgIpc) is 2.39. The van der Waals surface area contributed by atoms with Gasteiger partial charge >= 0.3 is 0 Å². The van der Waals surface area contributed by atoms with Gasteiger partial charge in [0, 0.05) is 6.04 Å². The predicted octanol–water partition coefficient (Wildman–Crippen LogP) is 1.83. The van der Waals surface area contributed by atoms with Gasteiger partial charge in [0.1, 0.15) is 5.02 Å². The molecule has 108 valence electrons. The van der Waals surface area contributed by atoms with Gasteiger partial charge in [-0.05, 0) is 24.9 Å². The Hall–Kier alpha value is -0.720. The highest BCUT2D eigenvalue weighted by Crippen LogP contribution is 2.17. The normalized spacial score (nSPS) is 12.4. The molecular formula is C12H20ClN3O2S. The van der Waals surface area contributed by atoms with Gasteiger partial charge in [0.25, 0.3) is 5.56 Å². The fourth-order valence-corrected chi connectivity index (χ4v) is 2.57. The van der Waals surface area contributed by atoms with Crippen LogP contribution in [0.15, 0.2) is 11.0 Å². The zero-order valence-electron chi connectivity index (χ0n) is 11.2. The summed E-state index contributed by atoms with van der Waals surface area (Å²) in [6, 6.07) is 0.228. The zero-order valence-corrected chi connectivity index (χ0v) is 12.8. The van der Waals surface area contributed by atoms with Gasteiger partial charge in [0.15, 0.2) is 0 Å². The number of hydrogen-bond acceptors (Lipinski definition) is 5. The number of anilines is 1. The number of halogens is 1. The highest BCUT2D eigenvalue weighted by Gasteiger charge is 2.11. The average molecular weight is 306 g/mol. The van der Waals surface area contributed by atoms with Crippen LogP contribution in [0.25, 0.3) is 0 Å². The molecule has 0 saturated heterocycles. The lowest BCUT2D eigenvalue weighted by atomic mass is 10.2. The maximum absolute atomic E-state index is 11.8. The van der Waals surface area contributed by atoms with Crippen LogP contribution in [-0.4, -0.2) is 39.0 Å². The number of hydrogen-bond donors (Lipinski definition) is 2. The van der Waals surface area contributed by atoms with Crippen molar-refractivity contribution >= 4 is 29.1 Å². The lowest BCUT2D eigenvalue weighted by molar-refractivity contribution is 0.266. The molecular weight excluding hydrogens is 286 g/mol. The Morgan fingerprint density at radius 1 is 1.63 bits per heavy atom. The maximum atomic E-state index is 11.8. The largest absolute Gasteiger partial charge is 0.394 e. The molecule has 19 heavy (non-hydrogen) atoms. The Balaban J connectivity index is 2.69. The number of nitrogens with one attached hydrogen (secondary N) is 1. The number of aliphatic hydroxyl groups is 1. The summed E-state index contributed by atoms with van der Waals surface area (Å²) in [6.45, 7) is 4.19. The first-order valence-electron chi connectivity index (χ1n) is 6.30. The van der Waals surface area contributed by atoms with Gasteiger partial charge in [-0.3, -0.25) is 4.79 Å². The molecule has 0 spiro atoms. The number of nitrogens with zero attached hydrogens (tertiary/aromatic N) is 2. The van der Waals surface area contributed by atoms with Gasteiger partial charge in [-0.15, -0.1) is 0 Å². The zero-order chi connectivity index (χ0) is 14.3. The minimum atomic E-state index is -0.379. The van der Waals surface area contributed by atoms with Gasteiger partial charge in [-0.1, -0.05) is 18.5 Å². The third-order valence-corrected chi connectivity index (χ3v) is 3.90. The minimum Gasteiger partial charge on any atom is -0.394 e. The summed E-state index contributed by atoms with van der Waals surface area (Å²) in [6.07, 6.45) is 2.53. The van der Waals surface area contributed by atoms with E-state index in [4.69, 9.17) is 16.7 Å². The van der Waals surface area contributed by atoms with E-state index in [9.17, 15) is 4.79 Å². The summed E-state index contributed by atoms with van der Waals surface area (Å²) >= 11 is 7.90. The monoisotopic (exact) mass is 305 g/mol. The second-order valence-corrected chi connectivity index (χ2v) is 5.93. The summed E-state index contributed by atoms with van der Waals surface area (Å²) < 4.78 is 1.16. The van der Waals surface area contributed by atoms with Crippen LogP contribution in [0, 0.1) is 0 Å². The Morgan fingerprint density at radius 2 is 2.37 bits per heavy atom. The lowest BCUT2D eigenvalue weighted by Gasteiger charge is -2.16. The van der Waals surface area contributed by atoms with Crippen LogP contribution in [0.4, 0.5) is 5.69 Å². The van der Waals surface area contributed by atoms with Crippen LogP contribution in [0.5, 0.6) is 0 Å². The number of thioether (sulfide) groups is 1. The van der Waals surface area contributed by atoms with Crippen LogP contribution < -0.4 is 10.9 Å². The van der Waals surface area contributed by atoms with Crippen LogP contribution in [-0.2, 0) is 6.54 Å². The summed E-state index contributed by atoms with van der Waals surface area (Å²) in [7, 11) is 0. The molecule has 1 rings (SSSR count). The fraction of sp³-hybridized carbons (Fsp3) is 0.667. The highest BCUT2D eigenvalue weighted by atomic mass is 35.5. The van der Waals surface area contributed by atoms with Crippen LogP contribution in [0.3, 0.4) is 0 Å². The van der Waals surface area contributed by atoms with Gasteiger partial charge in [0.2, 0.25) is 0 Å². The second-order valence-electron chi connectivity index (χ2n) is 4.16. The molecule has 0 amide bonds. The van der Waals surface area contributed by atoms with Gasteiger partial charge in [0.05, 0.1) is 25.0 Å². The van der Waals surface area contributed by atoms with Gasteiger partial charge < -0.3 is 10.4 Å². The SMILES string of the molecule is CCSCCC(C)Nc1cnn(CCO)c(=O)c1Cl. The summed E-state index contributed by atoms with van der Waals surface area (Å²) in [5.41, 5.74) is 0.172. The van der Waals surface area contributed by atoms with Gasteiger partial charge in [-0.25, -0.2) is 4.68 Å². The fourth-order valence-electron chi connectivity index (χ4n) is 1.56. The number of rotatable bonds is 8. The third-order valence-electron chi connectivity index (χ3n) is 2.60. The summed E-state index contributed by atoms with van der Waals surface area (Å²) in [5.74, 6) is 2.17. The first kappa shape index (κ1) is 16.3. The number of aliphatic hydroxyl groups excluding tert-OH is 1. The molecule has 0 aromatic carbocycles. The Morgan fingerprint density at radius 3 is 3.00 bits per heavy atom. The van der Waals surface area contributed by atoms with Crippen molar-refractivity contribution in [3.8, 4) is 0 Å². The Labute approximate surface area is 122 Å². The lowest BCUT2D eigenvalue weighted by Crippen LogP contribution is -2.27. The van der Waals surface area contributed by atoms with E-state index < -0.39 is 0 Å². The molecule has 0 aliphatic rings. The van der Waals surface area contributed by atoms with E-state index in [1.54, 1.807) is 0 Å². The molecule has 1 heterocycles. The van der Waals surface area contributed by atoms with Crippen molar-refractivity contribution < 1.29 is 5.11 Å². The van der Waals surface area contributed by atoms with Crippen LogP contribution in [0.2, 0.25) is 5.02 Å². The third kappa shape index (κ3) is 5.04. The van der Waals surface area contributed by atoms with Crippen molar-refractivity contribution in [2.24, 2.45) is 0 Å². The Kier molecular flexibility index (Phi) is 7.27. The quantitative estimate of drug-likeness (QED) is 0.717. The molecule has 2 N–H and O–H groups in total. The molecule has 1 unspecified atom stereocenters. The topological polar surface area (TPSA) is 67.2 Å². The van der Waals surface area contributed by atoms with E-state index in [-0.39, 0.29) is 29.8 Å². The molecule has 5 nitrogen and oxygen atoms in total. The molecule has 7 heteroatoms. The summed E-state index contributed by atoms with van der Waals surface area (Å²) in [4.78, 5) is 11.8. The smallest absolute Gasteiger partial charge is 0.287 e. The standard InChI is InChI=1S/C12H20ClN3O2S/c1-3-19-7-4-9(2)15-10-8-14-16(5-6-17)12(18)11(10)13/h8-9,15,17H,3-7H2,1-2H3. The first-order chi connectivity index (χ1) is 9.10. The first-order valence-corrected chi connectivity index (χ1v) is 7.84. The van der Waals surface area contributed by atoms with E-state index >= 15 is 0 Å². The van der Waals surface area contributed by atoms with E-state index in [0.717, 1.165) is 22.6 Å². The van der Waals surface area contributed by atoms with E-state index in [2.05, 4.69) is 17.3 Å². The van der Waals surface area contributed by atoms with Gasteiger partial charge in [-0.2, -0.15) is 16.9 Å². The van der Waals surface area contributed by atoms with Crippen molar-refractivity contribution in [2.45, 2.75) is 32.9 Å². The van der Waals surface area contributed by atoms with Crippen molar-refractivity contribution in [1.29, 1.82) is 0 Å². The van der Waals surface area contributed by atoms with E-state index in [0.29, 0.717) is 5.69 Å². The second kappa shape index (κ2) is 8.45. The molecule has 1 aromatic heterocycles. The van der Waals surface area contributed by atoms with Crippen molar-refractivity contribution in [3.05, 3.63) is 21.6 Å².